The van der Waals surface area contributed by atoms with Crippen molar-refractivity contribution in [3.63, 3.8) is 0 Å². The molecule has 0 fully saturated rings. The number of nitrogens with zero attached hydrogens (tertiary/aromatic N) is 2. The van der Waals surface area contributed by atoms with Crippen LogP contribution in [-0.4, -0.2) is 35.7 Å². The van der Waals surface area contributed by atoms with Crippen LogP contribution in [0.15, 0.2) is 39.9 Å². The van der Waals surface area contributed by atoms with Gasteiger partial charge in [0.2, 0.25) is 0 Å². The highest BCUT2D eigenvalue weighted by Crippen LogP contribution is 2.40. The van der Waals surface area contributed by atoms with Crippen LogP contribution in [0.5, 0.6) is 0 Å². The number of benzene rings is 1. The van der Waals surface area contributed by atoms with Gasteiger partial charge in [0.05, 0.1) is 11.5 Å². The first kappa shape index (κ1) is 23.0. The van der Waals surface area contributed by atoms with Crippen molar-refractivity contribution >= 4 is 28.7 Å². The number of amides is 1. The molecule has 1 aromatic carbocycles. The summed E-state index contributed by atoms with van der Waals surface area (Å²) in [6, 6.07) is 10.1. The number of anilines is 2. The predicted octanol–water partition coefficient (Wildman–Crippen LogP) is 2.90. The van der Waals surface area contributed by atoms with Gasteiger partial charge in [-0.15, -0.1) is 11.3 Å². The second-order valence-electron chi connectivity index (χ2n) is 8.57. The van der Waals surface area contributed by atoms with Gasteiger partial charge < -0.3 is 10.5 Å². The summed E-state index contributed by atoms with van der Waals surface area (Å²) in [6.07, 6.45) is 1.78. The molecular formula is C24H28N4O4S. The number of carbonyl (C=O) groups excluding carboxylic acids is 1. The lowest BCUT2D eigenvalue weighted by Gasteiger charge is -2.24. The van der Waals surface area contributed by atoms with Gasteiger partial charge in [-0.3, -0.25) is 24.0 Å². The fourth-order valence-corrected chi connectivity index (χ4v) is 5.41. The predicted molar refractivity (Wildman–Crippen MR) is 131 cm³/mol. The average molecular weight is 469 g/mol. The van der Waals surface area contributed by atoms with Crippen molar-refractivity contribution in [2.45, 2.75) is 33.2 Å². The summed E-state index contributed by atoms with van der Waals surface area (Å²) in [4.78, 5) is 44.1. The summed E-state index contributed by atoms with van der Waals surface area (Å²) in [5.74, 6) is -0.236. The van der Waals surface area contributed by atoms with Gasteiger partial charge in [0.15, 0.2) is 5.69 Å². The summed E-state index contributed by atoms with van der Waals surface area (Å²) in [5, 5.41) is 0. The summed E-state index contributed by atoms with van der Waals surface area (Å²) in [6.45, 7) is 4.55. The van der Waals surface area contributed by atoms with E-state index in [4.69, 9.17) is 10.5 Å². The van der Waals surface area contributed by atoms with Crippen LogP contribution in [0.2, 0.25) is 0 Å². The molecule has 1 amide bonds. The summed E-state index contributed by atoms with van der Waals surface area (Å²) >= 11 is 1.42. The molecule has 1 aliphatic rings. The number of aromatic nitrogens is 2. The number of thiophene rings is 1. The maximum Gasteiger partial charge on any atom is 0.330 e. The van der Waals surface area contributed by atoms with Crippen LogP contribution in [0, 0.1) is 5.92 Å². The van der Waals surface area contributed by atoms with Crippen molar-refractivity contribution in [3.8, 4) is 10.4 Å². The van der Waals surface area contributed by atoms with Crippen molar-refractivity contribution in [1.82, 2.24) is 9.55 Å². The van der Waals surface area contributed by atoms with Crippen molar-refractivity contribution in [2.24, 2.45) is 5.92 Å². The molecule has 0 bridgehead atoms. The smallest absolute Gasteiger partial charge is 0.330 e. The number of methoxy groups -OCH3 is 1. The molecule has 33 heavy (non-hydrogen) atoms. The van der Waals surface area contributed by atoms with Gasteiger partial charge in [-0.2, -0.15) is 0 Å². The molecule has 4 rings (SSSR count). The number of aromatic amines is 1. The molecule has 3 N–H and O–H groups in total. The molecule has 174 valence electrons. The molecular weight excluding hydrogens is 440 g/mol. The molecule has 0 saturated carbocycles. The van der Waals surface area contributed by atoms with Crippen LogP contribution in [0.25, 0.3) is 10.4 Å². The van der Waals surface area contributed by atoms with E-state index in [2.05, 4.69) is 17.1 Å². The number of hydrogen-bond acceptors (Lipinski definition) is 6. The molecule has 8 nitrogen and oxygen atoms in total. The number of hydrogen-bond donors (Lipinski definition) is 2. The van der Waals surface area contributed by atoms with E-state index in [1.165, 1.54) is 33.5 Å². The maximum absolute atomic E-state index is 13.7. The van der Waals surface area contributed by atoms with E-state index in [9.17, 15) is 14.4 Å². The lowest BCUT2D eigenvalue weighted by molar-refractivity contribution is 0.0979. The Bertz CT molecular complexity index is 1300. The van der Waals surface area contributed by atoms with Crippen LogP contribution < -0.4 is 21.9 Å². The second kappa shape index (κ2) is 9.36. The van der Waals surface area contributed by atoms with Gasteiger partial charge in [0.25, 0.3) is 11.5 Å². The van der Waals surface area contributed by atoms with Gasteiger partial charge in [-0.1, -0.05) is 38.1 Å². The maximum atomic E-state index is 13.7. The van der Waals surface area contributed by atoms with Crippen LogP contribution in [-0.2, 0) is 24.1 Å². The monoisotopic (exact) mass is 468 g/mol. The van der Waals surface area contributed by atoms with Crippen LogP contribution in [0.1, 0.15) is 34.6 Å². The normalized spacial score (nSPS) is 12.5. The fraction of sp³-hybridized carbons (Fsp3) is 0.375. The molecule has 2 heterocycles. The largest absolute Gasteiger partial charge is 0.383 e. The van der Waals surface area contributed by atoms with Gasteiger partial charge >= 0.3 is 5.69 Å². The topological polar surface area (TPSA) is 110 Å². The van der Waals surface area contributed by atoms with E-state index >= 15 is 0 Å². The highest BCUT2D eigenvalue weighted by Gasteiger charge is 2.28. The SMILES string of the molecule is COCCN(C(=O)c1cc2c(s1)-c1ccccc1CC2)c1c(N)n(CC(C)C)c(=O)[nH]c1=O. The number of ether oxygens (including phenoxy) is 1. The number of fused-ring (bicyclic) bond motifs is 3. The highest BCUT2D eigenvalue weighted by atomic mass is 32.1. The first-order chi connectivity index (χ1) is 15.8. The Labute approximate surface area is 195 Å². The molecule has 2 aromatic heterocycles. The van der Waals surface area contributed by atoms with Gasteiger partial charge in [-0.25, -0.2) is 4.79 Å². The molecule has 1 aliphatic carbocycles. The Morgan fingerprint density at radius 3 is 2.70 bits per heavy atom. The van der Waals surface area contributed by atoms with E-state index in [-0.39, 0.29) is 36.5 Å². The molecule has 0 spiro atoms. The first-order valence-electron chi connectivity index (χ1n) is 11.0. The molecule has 9 heteroatoms. The lowest BCUT2D eigenvalue weighted by atomic mass is 9.91. The lowest BCUT2D eigenvalue weighted by Crippen LogP contribution is -2.42. The summed E-state index contributed by atoms with van der Waals surface area (Å²) < 4.78 is 6.50. The zero-order valence-corrected chi connectivity index (χ0v) is 19.8. The quantitative estimate of drug-likeness (QED) is 0.554. The van der Waals surface area contributed by atoms with Gasteiger partial charge in [0.1, 0.15) is 5.82 Å². The van der Waals surface area contributed by atoms with Gasteiger partial charge in [0, 0.05) is 25.1 Å². The highest BCUT2D eigenvalue weighted by molar-refractivity contribution is 7.17. The first-order valence-corrected chi connectivity index (χ1v) is 11.8. The Morgan fingerprint density at radius 1 is 1.24 bits per heavy atom. The third-order valence-corrected chi connectivity index (χ3v) is 6.94. The second-order valence-corrected chi connectivity index (χ2v) is 9.62. The number of carbonyl (C=O) groups is 1. The summed E-state index contributed by atoms with van der Waals surface area (Å²) in [7, 11) is 1.52. The third-order valence-electron chi connectivity index (χ3n) is 5.74. The molecule has 0 unspecified atom stereocenters. The molecule has 0 radical (unpaired) electrons. The number of rotatable bonds is 7. The van der Waals surface area contributed by atoms with E-state index < -0.39 is 11.2 Å². The van der Waals surface area contributed by atoms with E-state index in [0.717, 1.165) is 28.8 Å². The third kappa shape index (κ3) is 4.38. The average Bonchev–Trinajstić information content (AvgIpc) is 3.23. The Morgan fingerprint density at radius 2 is 1.97 bits per heavy atom. The molecule has 0 atom stereocenters. The van der Waals surface area contributed by atoms with Gasteiger partial charge in [-0.05, 0) is 41.5 Å². The minimum Gasteiger partial charge on any atom is -0.383 e. The van der Waals surface area contributed by atoms with Crippen LogP contribution in [0.3, 0.4) is 0 Å². The number of nitrogens with one attached hydrogen (secondary N) is 1. The van der Waals surface area contributed by atoms with Crippen LogP contribution >= 0.6 is 11.3 Å². The molecule has 0 aliphatic heterocycles. The van der Waals surface area contributed by atoms with E-state index in [1.54, 1.807) is 0 Å². The minimum absolute atomic E-state index is 0.0198. The van der Waals surface area contributed by atoms with E-state index in [0.29, 0.717) is 11.4 Å². The molecule has 0 saturated heterocycles. The minimum atomic E-state index is -0.686. The Kier molecular flexibility index (Phi) is 6.53. The van der Waals surface area contributed by atoms with Crippen molar-refractivity contribution in [1.29, 1.82) is 0 Å². The number of nitrogens with two attached hydrogens (primary N) is 1. The zero-order chi connectivity index (χ0) is 23.7. The Balaban J connectivity index is 1.79. The molecule has 3 aromatic rings. The standard InChI is InChI=1S/C24H28N4O4S/c1-14(2)13-28-21(25)19(22(29)26-24(28)31)27(10-11-32-3)23(30)18-12-16-9-8-15-6-4-5-7-17(15)20(16)33-18/h4-7,12,14H,8-11,13,25H2,1-3H3,(H,26,29,31). The fourth-order valence-electron chi connectivity index (χ4n) is 4.19. The number of H-pyrrole nitrogens is 1. The van der Waals surface area contributed by atoms with Crippen molar-refractivity contribution < 1.29 is 9.53 Å². The zero-order valence-electron chi connectivity index (χ0n) is 19.0. The van der Waals surface area contributed by atoms with Crippen molar-refractivity contribution in [3.05, 3.63) is 67.2 Å². The van der Waals surface area contributed by atoms with Crippen molar-refractivity contribution in [2.75, 3.05) is 30.9 Å². The number of nitrogen functional groups attached to an aromatic ring is 1. The Hall–Kier alpha value is -3.17. The summed E-state index contributed by atoms with van der Waals surface area (Å²) in [5.41, 5.74) is 8.54. The van der Waals surface area contributed by atoms with Crippen LogP contribution in [0.4, 0.5) is 11.5 Å². The number of aryl methyl sites for hydroxylation is 2. The van der Waals surface area contributed by atoms with E-state index in [1.807, 2.05) is 32.0 Å².